The number of nitrogens with zero attached hydrogens (tertiary/aromatic N) is 5. The number of aromatic nitrogens is 4. The van der Waals surface area contributed by atoms with Crippen molar-refractivity contribution in [2.75, 3.05) is 0 Å². The zero-order valence-electron chi connectivity index (χ0n) is 8.78. The highest BCUT2D eigenvalue weighted by molar-refractivity contribution is 5.60. The molecule has 1 heterocycles. The number of tetrazole rings is 1. The maximum Gasteiger partial charge on any atom is 0.273 e. The van der Waals surface area contributed by atoms with Crippen LogP contribution in [0.2, 0.25) is 0 Å². The zero-order chi connectivity index (χ0) is 11.7. The van der Waals surface area contributed by atoms with E-state index < -0.39 is 4.92 Å². The minimum Gasteiger partial charge on any atom is -0.258 e. The second-order valence-electron chi connectivity index (χ2n) is 3.38. The molecular weight excluding hydrogens is 210 g/mol. The molecule has 0 amide bonds. The van der Waals surface area contributed by atoms with Gasteiger partial charge < -0.3 is 0 Å². The highest BCUT2D eigenvalue weighted by atomic mass is 16.6. The third-order valence-electron chi connectivity index (χ3n) is 2.28. The largest absolute Gasteiger partial charge is 0.273 e. The number of nitro benzene ring substituents is 1. The van der Waals surface area contributed by atoms with E-state index in [-0.39, 0.29) is 5.69 Å². The number of rotatable bonds is 2. The molecule has 0 aliphatic heterocycles. The summed E-state index contributed by atoms with van der Waals surface area (Å²) < 4.78 is 1.47. The molecular formula is C9H9N5O2. The maximum atomic E-state index is 10.8. The van der Waals surface area contributed by atoms with Crippen LogP contribution in [0.3, 0.4) is 0 Å². The van der Waals surface area contributed by atoms with Crippen LogP contribution in [0, 0.1) is 17.0 Å². The average Bonchev–Trinajstić information content (AvgIpc) is 2.65. The Bertz CT molecular complexity index is 549. The fourth-order valence-electron chi connectivity index (χ4n) is 1.42. The molecule has 0 aliphatic carbocycles. The third-order valence-corrected chi connectivity index (χ3v) is 2.28. The minimum absolute atomic E-state index is 0.0699. The molecule has 1 aromatic carbocycles. The number of hydrogen-bond donors (Lipinski definition) is 0. The monoisotopic (exact) mass is 219 g/mol. The van der Waals surface area contributed by atoms with Crippen LogP contribution >= 0.6 is 0 Å². The number of hydrogen-bond acceptors (Lipinski definition) is 5. The number of benzene rings is 1. The summed E-state index contributed by atoms with van der Waals surface area (Å²) in [5.74, 6) is 0.503. The zero-order valence-corrected chi connectivity index (χ0v) is 8.78. The van der Waals surface area contributed by atoms with Crippen LogP contribution in [0.4, 0.5) is 5.69 Å². The molecule has 0 radical (unpaired) electrons. The van der Waals surface area contributed by atoms with Gasteiger partial charge in [0.25, 0.3) is 5.69 Å². The molecule has 0 fully saturated rings. The summed E-state index contributed by atoms with van der Waals surface area (Å²) in [7, 11) is 1.68. The Morgan fingerprint density at radius 1 is 1.44 bits per heavy atom. The van der Waals surface area contributed by atoms with Crippen LogP contribution in [-0.2, 0) is 7.05 Å². The van der Waals surface area contributed by atoms with Crippen LogP contribution in [0.15, 0.2) is 18.2 Å². The summed E-state index contributed by atoms with van der Waals surface area (Å²) in [6, 6.07) is 4.91. The molecule has 0 N–H and O–H groups in total. The Morgan fingerprint density at radius 2 is 2.19 bits per heavy atom. The summed E-state index contributed by atoms with van der Waals surface area (Å²) >= 11 is 0. The van der Waals surface area contributed by atoms with Gasteiger partial charge in [-0.1, -0.05) is 12.1 Å². The van der Waals surface area contributed by atoms with Crippen molar-refractivity contribution in [3.63, 3.8) is 0 Å². The molecule has 0 atom stereocenters. The molecule has 2 rings (SSSR count). The lowest BCUT2D eigenvalue weighted by Gasteiger charge is -2.01. The van der Waals surface area contributed by atoms with E-state index in [9.17, 15) is 10.1 Å². The van der Waals surface area contributed by atoms with Gasteiger partial charge in [-0.05, 0) is 17.4 Å². The topological polar surface area (TPSA) is 86.7 Å². The summed E-state index contributed by atoms with van der Waals surface area (Å²) in [5.41, 5.74) is 1.31. The summed E-state index contributed by atoms with van der Waals surface area (Å²) in [6.07, 6.45) is 0. The number of nitro groups is 1. The molecule has 0 saturated carbocycles. The van der Waals surface area contributed by atoms with Crippen LogP contribution in [0.5, 0.6) is 0 Å². The quantitative estimate of drug-likeness (QED) is 0.557. The fourth-order valence-corrected chi connectivity index (χ4v) is 1.42. The summed E-state index contributed by atoms with van der Waals surface area (Å²) in [5, 5.41) is 21.7. The standard InChI is InChI=1S/C9H9N5O2/c1-6-3-4-7(5-8(6)14(15)16)9-10-11-12-13(9)2/h3-5H,1-2H3. The molecule has 0 saturated heterocycles. The van der Waals surface area contributed by atoms with Gasteiger partial charge in [0.1, 0.15) is 0 Å². The molecule has 0 unspecified atom stereocenters. The van der Waals surface area contributed by atoms with E-state index >= 15 is 0 Å². The van der Waals surface area contributed by atoms with Gasteiger partial charge in [-0.2, -0.15) is 0 Å². The first-order valence-corrected chi connectivity index (χ1v) is 4.57. The van der Waals surface area contributed by atoms with Crippen molar-refractivity contribution in [1.29, 1.82) is 0 Å². The van der Waals surface area contributed by atoms with Gasteiger partial charge in [-0.15, -0.1) is 5.10 Å². The van der Waals surface area contributed by atoms with Crippen LogP contribution < -0.4 is 0 Å². The second-order valence-corrected chi connectivity index (χ2v) is 3.38. The first-order valence-electron chi connectivity index (χ1n) is 4.57. The molecule has 7 heteroatoms. The second kappa shape index (κ2) is 3.69. The van der Waals surface area contributed by atoms with Gasteiger partial charge in [0.15, 0.2) is 5.82 Å². The van der Waals surface area contributed by atoms with Crippen molar-refractivity contribution in [2.45, 2.75) is 6.92 Å². The average molecular weight is 219 g/mol. The fraction of sp³-hybridized carbons (Fsp3) is 0.222. The first kappa shape index (κ1) is 10.2. The normalized spacial score (nSPS) is 10.4. The SMILES string of the molecule is Cc1ccc(-c2nnnn2C)cc1[N+](=O)[O-]. The number of aryl methyl sites for hydroxylation is 2. The molecule has 0 aliphatic rings. The van der Waals surface area contributed by atoms with E-state index in [4.69, 9.17) is 0 Å². The van der Waals surface area contributed by atoms with Gasteiger partial charge in [0, 0.05) is 24.2 Å². The van der Waals surface area contributed by atoms with Crippen LogP contribution in [0.1, 0.15) is 5.56 Å². The van der Waals surface area contributed by atoms with E-state index in [1.807, 2.05) is 0 Å². The van der Waals surface area contributed by atoms with Crippen LogP contribution in [-0.4, -0.2) is 25.1 Å². The molecule has 16 heavy (non-hydrogen) atoms. The lowest BCUT2D eigenvalue weighted by Crippen LogP contribution is -1.97. The van der Waals surface area contributed by atoms with E-state index in [1.165, 1.54) is 10.7 Å². The summed E-state index contributed by atoms with van der Waals surface area (Å²) in [4.78, 5) is 10.4. The van der Waals surface area contributed by atoms with E-state index in [1.54, 1.807) is 26.1 Å². The van der Waals surface area contributed by atoms with Gasteiger partial charge in [0.05, 0.1) is 4.92 Å². The highest BCUT2D eigenvalue weighted by Crippen LogP contribution is 2.24. The molecule has 2 aromatic rings. The van der Waals surface area contributed by atoms with Gasteiger partial charge in [0.2, 0.25) is 0 Å². The Balaban J connectivity index is 2.56. The first-order chi connectivity index (χ1) is 7.59. The maximum absolute atomic E-state index is 10.8. The molecule has 0 bridgehead atoms. The highest BCUT2D eigenvalue weighted by Gasteiger charge is 2.14. The van der Waals surface area contributed by atoms with Crippen molar-refractivity contribution < 1.29 is 4.92 Å². The summed E-state index contributed by atoms with van der Waals surface area (Å²) in [6.45, 7) is 1.69. The molecule has 7 nitrogen and oxygen atoms in total. The molecule has 0 spiro atoms. The lowest BCUT2D eigenvalue weighted by molar-refractivity contribution is -0.385. The van der Waals surface area contributed by atoms with Gasteiger partial charge >= 0.3 is 0 Å². The third kappa shape index (κ3) is 1.62. The predicted molar refractivity (Wildman–Crippen MR) is 55.6 cm³/mol. The van der Waals surface area contributed by atoms with Crippen molar-refractivity contribution in [2.24, 2.45) is 7.05 Å². The Kier molecular flexibility index (Phi) is 2.35. The van der Waals surface area contributed by atoms with E-state index in [0.717, 1.165) is 0 Å². The van der Waals surface area contributed by atoms with Crippen molar-refractivity contribution in [3.05, 3.63) is 33.9 Å². The van der Waals surface area contributed by atoms with Crippen molar-refractivity contribution >= 4 is 5.69 Å². The van der Waals surface area contributed by atoms with Gasteiger partial charge in [-0.25, -0.2) is 4.68 Å². The van der Waals surface area contributed by atoms with Crippen LogP contribution in [0.25, 0.3) is 11.4 Å². The Morgan fingerprint density at radius 3 is 2.75 bits per heavy atom. The van der Waals surface area contributed by atoms with E-state index in [2.05, 4.69) is 15.5 Å². The minimum atomic E-state index is -0.414. The molecule has 82 valence electrons. The Hall–Kier alpha value is -2.31. The smallest absolute Gasteiger partial charge is 0.258 e. The molecule has 1 aromatic heterocycles. The van der Waals surface area contributed by atoms with Crippen molar-refractivity contribution in [1.82, 2.24) is 20.2 Å². The lowest BCUT2D eigenvalue weighted by atomic mass is 10.1. The Labute approximate surface area is 90.9 Å². The van der Waals surface area contributed by atoms with Gasteiger partial charge in [-0.3, -0.25) is 10.1 Å². The predicted octanol–water partition coefficient (Wildman–Crippen LogP) is 1.09. The van der Waals surface area contributed by atoms with E-state index in [0.29, 0.717) is 17.0 Å². The van der Waals surface area contributed by atoms with Crippen molar-refractivity contribution in [3.8, 4) is 11.4 Å².